The first-order chi connectivity index (χ1) is 9.81. The molecular weight excluding hydrogens is 250 g/mol. The summed E-state index contributed by atoms with van der Waals surface area (Å²) in [4.78, 5) is 2.34. The standard InChI is InChI=1S/C16H23N3O/c1-3-18(14-15-10-11-19(4-2)17-15)12-13-20-16-8-6-5-7-9-16/h5-11H,3-4,12-14H2,1-2H3. The fraction of sp³-hybridized carbons (Fsp3) is 0.438. The van der Waals surface area contributed by atoms with E-state index in [1.165, 1.54) is 0 Å². The Hall–Kier alpha value is -1.81. The van der Waals surface area contributed by atoms with Crippen molar-refractivity contribution >= 4 is 0 Å². The summed E-state index contributed by atoms with van der Waals surface area (Å²) in [6.45, 7) is 8.67. The van der Waals surface area contributed by atoms with Gasteiger partial charge in [0.1, 0.15) is 12.4 Å². The van der Waals surface area contributed by atoms with E-state index in [4.69, 9.17) is 4.74 Å². The Bertz CT molecular complexity index is 495. The quantitative estimate of drug-likeness (QED) is 0.741. The molecule has 0 saturated heterocycles. The first-order valence-electron chi connectivity index (χ1n) is 7.24. The predicted octanol–water partition coefficient (Wildman–Crippen LogP) is 2.80. The van der Waals surface area contributed by atoms with Crippen LogP contribution in [0.5, 0.6) is 5.75 Å². The summed E-state index contributed by atoms with van der Waals surface area (Å²) in [5.41, 5.74) is 1.12. The Labute approximate surface area is 121 Å². The molecule has 4 nitrogen and oxygen atoms in total. The van der Waals surface area contributed by atoms with Crippen molar-refractivity contribution in [3.05, 3.63) is 48.3 Å². The highest BCUT2D eigenvalue weighted by Gasteiger charge is 2.06. The lowest BCUT2D eigenvalue weighted by atomic mass is 10.3. The molecule has 20 heavy (non-hydrogen) atoms. The molecular formula is C16H23N3O. The fourth-order valence-electron chi connectivity index (χ4n) is 2.05. The second kappa shape index (κ2) is 7.70. The zero-order valence-electron chi connectivity index (χ0n) is 12.3. The van der Waals surface area contributed by atoms with Crippen LogP contribution in [-0.2, 0) is 13.1 Å². The molecule has 108 valence electrons. The van der Waals surface area contributed by atoms with Crippen LogP contribution in [0.4, 0.5) is 0 Å². The number of nitrogens with zero attached hydrogens (tertiary/aromatic N) is 3. The number of aryl methyl sites for hydroxylation is 1. The van der Waals surface area contributed by atoms with Gasteiger partial charge in [0.15, 0.2) is 0 Å². The van der Waals surface area contributed by atoms with Crippen molar-refractivity contribution in [3.8, 4) is 5.75 Å². The van der Waals surface area contributed by atoms with E-state index in [-0.39, 0.29) is 0 Å². The SMILES string of the molecule is CCN(CCOc1ccccc1)Cc1ccn(CC)n1. The van der Waals surface area contributed by atoms with E-state index in [0.717, 1.165) is 37.6 Å². The first kappa shape index (κ1) is 14.6. The van der Waals surface area contributed by atoms with Crippen LogP contribution in [0.25, 0.3) is 0 Å². The van der Waals surface area contributed by atoms with Gasteiger partial charge in [-0.15, -0.1) is 0 Å². The lowest BCUT2D eigenvalue weighted by Crippen LogP contribution is -2.28. The molecule has 0 atom stereocenters. The van der Waals surface area contributed by atoms with E-state index in [2.05, 4.69) is 29.9 Å². The molecule has 2 aromatic rings. The summed E-state index contributed by atoms with van der Waals surface area (Å²) >= 11 is 0. The van der Waals surface area contributed by atoms with Gasteiger partial charge in [0.25, 0.3) is 0 Å². The van der Waals surface area contributed by atoms with Crippen LogP contribution >= 0.6 is 0 Å². The maximum absolute atomic E-state index is 5.74. The molecule has 0 spiro atoms. The largest absolute Gasteiger partial charge is 0.492 e. The Balaban J connectivity index is 1.77. The van der Waals surface area contributed by atoms with E-state index in [9.17, 15) is 0 Å². The molecule has 0 saturated carbocycles. The van der Waals surface area contributed by atoms with Crippen LogP contribution in [0.2, 0.25) is 0 Å². The molecule has 0 aliphatic heterocycles. The summed E-state index contributed by atoms with van der Waals surface area (Å²) in [7, 11) is 0. The van der Waals surface area contributed by atoms with Crippen molar-refractivity contribution in [1.82, 2.24) is 14.7 Å². The minimum Gasteiger partial charge on any atom is -0.492 e. The highest BCUT2D eigenvalue weighted by molar-refractivity contribution is 5.20. The van der Waals surface area contributed by atoms with Gasteiger partial charge in [0.05, 0.1) is 5.69 Å². The highest BCUT2D eigenvalue weighted by atomic mass is 16.5. The highest BCUT2D eigenvalue weighted by Crippen LogP contribution is 2.08. The van der Waals surface area contributed by atoms with E-state index in [0.29, 0.717) is 6.61 Å². The van der Waals surface area contributed by atoms with Crippen LogP contribution < -0.4 is 4.74 Å². The summed E-state index contributed by atoms with van der Waals surface area (Å²) in [5.74, 6) is 0.929. The number of ether oxygens (including phenoxy) is 1. The zero-order valence-corrected chi connectivity index (χ0v) is 12.3. The fourth-order valence-corrected chi connectivity index (χ4v) is 2.05. The second-order valence-corrected chi connectivity index (χ2v) is 4.69. The van der Waals surface area contributed by atoms with Crippen LogP contribution in [0.1, 0.15) is 19.5 Å². The third kappa shape index (κ3) is 4.38. The van der Waals surface area contributed by atoms with Crippen LogP contribution in [0.15, 0.2) is 42.6 Å². The predicted molar refractivity (Wildman–Crippen MR) is 80.8 cm³/mol. The lowest BCUT2D eigenvalue weighted by Gasteiger charge is -2.19. The average Bonchev–Trinajstić information content (AvgIpc) is 2.95. The third-order valence-corrected chi connectivity index (χ3v) is 3.27. The van der Waals surface area contributed by atoms with Crippen molar-refractivity contribution in [1.29, 1.82) is 0 Å². The maximum Gasteiger partial charge on any atom is 0.119 e. The number of hydrogen-bond acceptors (Lipinski definition) is 3. The normalized spacial score (nSPS) is 10.9. The van der Waals surface area contributed by atoms with Crippen molar-refractivity contribution in [3.63, 3.8) is 0 Å². The van der Waals surface area contributed by atoms with Gasteiger partial charge in [-0.2, -0.15) is 5.10 Å². The Morgan fingerprint density at radius 3 is 2.60 bits per heavy atom. The average molecular weight is 273 g/mol. The maximum atomic E-state index is 5.74. The van der Waals surface area contributed by atoms with Gasteiger partial charge >= 0.3 is 0 Å². The van der Waals surface area contributed by atoms with Crippen LogP contribution in [0.3, 0.4) is 0 Å². The van der Waals surface area contributed by atoms with Gasteiger partial charge in [-0.05, 0) is 31.7 Å². The summed E-state index contributed by atoms with van der Waals surface area (Å²) < 4.78 is 7.70. The van der Waals surface area contributed by atoms with E-state index in [1.807, 2.05) is 41.2 Å². The number of para-hydroxylation sites is 1. The van der Waals surface area contributed by atoms with E-state index >= 15 is 0 Å². The smallest absolute Gasteiger partial charge is 0.119 e. The number of aromatic nitrogens is 2. The van der Waals surface area contributed by atoms with E-state index in [1.54, 1.807) is 0 Å². The van der Waals surface area contributed by atoms with Crippen molar-refractivity contribution in [2.24, 2.45) is 0 Å². The topological polar surface area (TPSA) is 30.3 Å². The lowest BCUT2D eigenvalue weighted by molar-refractivity contribution is 0.208. The number of likely N-dealkylation sites (N-methyl/N-ethyl adjacent to an activating group) is 1. The summed E-state index contributed by atoms with van der Waals surface area (Å²) in [5, 5.41) is 4.52. The molecule has 0 bridgehead atoms. The molecule has 4 heteroatoms. The molecule has 0 radical (unpaired) electrons. The van der Waals surface area contributed by atoms with E-state index < -0.39 is 0 Å². The van der Waals surface area contributed by atoms with Gasteiger partial charge < -0.3 is 4.74 Å². The molecule has 1 aromatic carbocycles. The number of benzene rings is 1. The van der Waals surface area contributed by atoms with Gasteiger partial charge in [-0.3, -0.25) is 9.58 Å². The van der Waals surface area contributed by atoms with Gasteiger partial charge in [-0.25, -0.2) is 0 Å². The number of hydrogen-bond donors (Lipinski definition) is 0. The van der Waals surface area contributed by atoms with Gasteiger partial charge in [0.2, 0.25) is 0 Å². The van der Waals surface area contributed by atoms with Crippen LogP contribution in [-0.4, -0.2) is 34.4 Å². The number of rotatable bonds is 8. The molecule has 1 heterocycles. The molecule has 0 amide bonds. The second-order valence-electron chi connectivity index (χ2n) is 4.69. The first-order valence-corrected chi connectivity index (χ1v) is 7.24. The summed E-state index contributed by atoms with van der Waals surface area (Å²) in [6, 6.07) is 12.0. The zero-order chi connectivity index (χ0) is 14.2. The Morgan fingerprint density at radius 1 is 1.15 bits per heavy atom. The van der Waals surface area contributed by atoms with Gasteiger partial charge in [-0.1, -0.05) is 25.1 Å². The minimum atomic E-state index is 0.701. The Morgan fingerprint density at radius 2 is 1.95 bits per heavy atom. The summed E-state index contributed by atoms with van der Waals surface area (Å²) in [6.07, 6.45) is 2.03. The van der Waals surface area contributed by atoms with Crippen molar-refractivity contribution < 1.29 is 4.74 Å². The molecule has 0 fully saturated rings. The van der Waals surface area contributed by atoms with Gasteiger partial charge in [0, 0.05) is 25.8 Å². The third-order valence-electron chi connectivity index (χ3n) is 3.27. The van der Waals surface area contributed by atoms with Crippen molar-refractivity contribution in [2.45, 2.75) is 26.9 Å². The molecule has 0 N–H and O–H groups in total. The molecule has 0 aliphatic carbocycles. The minimum absolute atomic E-state index is 0.701. The monoisotopic (exact) mass is 273 g/mol. The molecule has 2 rings (SSSR count). The Kier molecular flexibility index (Phi) is 5.62. The molecule has 0 aliphatic rings. The molecule has 0 unspecified atom stereocenters. The molecule has 1 aromatic heterocycles. The van der Waals surface area contributed by atoms with Crippen molar-refractivity contribution in [2.75, 3.05) is 19.7 Å². The van der Waals surface area contributed by atoms with Crippen LogP contribution in [0, 0.1) is 0 Å².